The monoisotopic (exact) mass is 261 g/mol. The van der Waals surface area contributed by atoms with E-state index in [2.05, 4.69) is 17.0 Å². The van der Waals surface area contributed by atoms with Gasteiger partial charge in [0.25, 0.3) is 10.2 Å². The molecular weight excluding hydrogens is 238 g/mol. The fraction of sp³-hybridized carbons (Fsp3) is 1.00. The van der Waals surface area contributed by atoms with Crippen LogP contribution in [0.3, 0.4) is 0 Å². The minimum Gasteiger partial charge on any atom is -0.319 e. The van der Waals surface area contributed by atoms with Gasteiger partial charge in [0, 0.05) is 19.1 Å². The summed E-state index contributed by atoms with van der Waals surface area (Å²) in [6.07, 6.45) is 3.06. The topological polar surface area (TPSA) is 61.4 Å². The molecule has 1 aliphatic heterocycles. The molecule has 0 spiro atoms. The lowest BCUT2D eigenvalue weighted by atomic mass is 10.00. The molecule has 0 radical (unpaired) electrons. The minimum absolute atomic E-state index is 0.171. The van der Waals surface area contributed by atoms with Crippen LogP contribution in [0.5, 0.6) is 0 Å². The van der Waals surface area contributed by atoms with Crippen LogP contribution in [0.2, 0.25) is 0 Å². The standard InChI is InChI=1S/C11H23N3O2S/c1-9-6-11(9)13-17(15,16)14-5-3-4-10(8-14)7-12-2/h9-13H,3-8H2,1-2H3. The SMILES string of the molecule is CNCC1CCCN(S(=O)(=O)NC2CC2C)C1. The van der Waals surface area contributed by atoms with Crippen LogP contribution in [0, 0.1) is 11.8 Å². The van der Waals surface area contributed by atoms with E-state index in [1.54, 1.807) is 4.31 Å². The first-order valence-corrected chi connectivity index (χ1v) is 7.89. The molecule has 6 heteroatoms. The second-order valence-electron chi connectivity index (χ2n) is 5.37. The number of nitrogens with one attached hydrogen (secondary N) is 2. The van der Waals surface area contributed by atoms with Gasteiger partial charge in [-0.3, -0.25) is 0 Å². The number of hydrogen-bond donors (Lipinski definition) is 2. The van der Waals surface area contributed by atoms with Crippen LogP contribution in [0.25, 0.3) is 0 Å². The number of rotatable bonds is 5. The zero-order valence-electron chi connectivity index (χ0n) is 10.6. The van der Waals surface area contributed by atoms with Gasteiger partial charge in [0.2, 0.25) is 0 Å². The number of nitrogens with zero attached hydrogens (tertiary/aromatic N) is 1. The van der Waals surface area contributed by atoms with Crippen LogP contribution in [-0.4, -0.2) is 45.4 Å². The van der Waals surface area contributed by atoms with Gasteiger partial charge < -0.3 is 5.32 Å². The lowest BCUT2D eigenvalue weighted by Gasteiger charge is -2.31. The third kappa shape index (κ3) is 3.40. The van der Waals surface area contributed by atoms with Crippen LogP contribution in [0.1, 0.15) is 26.2 Å². The van der Waals surface area contributed by atoms with Crippen molar-refractivity contribution in [3.63, 3.8) is 0 Å². The van der Waals surface area contributed by atoms with Crippen molar-refractivity contribution in [2.24, 2.45) is 11.8 Å². The number of piperidine rings is 1. The average molecular weight is 261 g/mol. The Labute approximate surface area is 104 Å². The van der Waals surface area contributed by atoms with Gasteiger partial charge in [0.15, 0.2) is 0 Å². The molecule has 1 heterocycles. The van der Waals surface area contributed by atoms with Crippen molar-refractivity contribution in [3.8, 4) is 0 Å². The molecule has 0 aromatic carbocycles. The molecule has 5 nitrogen and oxygen atoms in total. The summed E-state index contributed by atoms with van der Waals surface area (Å²) in [5.41, 5.74) is 0. The van der Waals surface area contributed by atoms with Crippen LogP contribution in [-0.2, 0) is 10.2 Å². The third-order valence-electron chi connectivity index (χ3n) is 3.72. The summed E-state index contributed by atoms with van der Waals surface area (Å²) in [5.74, 6) is 0.949. The van der Waals surface area contributed by atoms with Crippen molar-refractivity contribution in [1.29, 1.82) is 0 Å². The molecule has 100 valence electrons. The smallest absolute Gasteiger partial charge is 0.279 e. The van der Waals surface area contributed by atoms with Gasteiger partial charge in [-0.15, -0.1) is 0 Å². The van der Waals surface area contributed by atoms with Crippen molar-refractivity contribution < 1.29 is 8.42 Å². The Kier molecular flexibility index (Phi) is 4.07. The largest absolute Gasteiger partial charge is 0.319 e. The third-order valence-corrected chi connectivity index (χ3v) is 5.34. The highest BCUT2D eigenvalue weighted by atomic mass is 32.2. The maximum absolute atomic E-state index is 12.1. The van der Waals surface area contributed by atoms with Crippen LogP contribution in [0.15, 0.2) is 0 Å². The zero-order valence-corrected chi connectivity index (χ0v) is 11.5. The van der Waals surface area contributed by atoms with E-state index in [0.29, 0.717) is 24.9 Å². The van der Waals surface area contributed by atoms with Gasteiger partial charge >= 0.3 is 0 Å². The molecule has 1 saturated heterocycles. The lowest BCUT2D eigenvalue weighted by molar-refractivity contribution is 0.260. The van der Waals surface area contributed by atoms with E-state index in [1.807, 2.05) is 7.05 Å². The molecule has 1 saturated carbocycles. The second-order valence-corrected chi connectivity index (χ2v) is 7.07. The summed E-state index contributed by atoms with van der Waals surface area (Å²) in [4.78, 5) is 0. The molecule has 3 atom stereocenters. The van der Waals surface area contributed by atoms with E-state index in [1.165, 1.54) is 0 Å². The fourth-order valence-corrected chi connectivity index (χ4v) is 4.09. The summed E-state index contributed by atoms with van der Waals surface area (Å²) in [7, 11) is -1.33. The Morgan fingerprint density at radius 1 is 1.41 bits per heavy atom. The first-order valence-electron chi connectivity index (χ1n) is 6.45. The molecule has 0 aromatic rings. The molecule has 0 aromatic heterocycles. The lowest BCUT2D eigenvalue weighted by Crippen LogP contribution is -2.48. The van der Waals surface area contributed by atoms with Crippen molar-refractivity contribution in [2.45, 2.75) is 32.2 Å². The molecule has 2 fully saturated rings. The van der Waals surface area contributed by atoms with E-state index in [9.17, 15) is 8.42 Å². The van der Waals surface area contributed by atoms with Gasteiger partial charge in [-0.1, -0.05) is 6.92 Å². The van der Waals surface area contributed by atoms with E-state index < -0.39 is 10.2 Å². The van der Waals surface area contributed by atoms with Crippen molar-refractivity contribution in [3.05, 3.63) is 0 Å². The van der Waals surface area contributed by atoms with Crippen LogP contribution < -0.4 is 10.0 Å². The van der Waals surface area contributed by atoms with E-state index >= 15 is 0 Å². The summed E-state index contributed by atoms with van der Waals surface area (Å²) < 4.78 is 28.7. The molecule has 0 amide bonds. The van der Waals surface area contributed by atoms with Gasteiger partial charge in [-0.2, -0.15) is 17.4 Å². The summed E-state index contributed by atoms with van der Waals surface area (Å²) in [5, 5.41) is 3.13. The Balaban J connectivity index is 1.91. The van der Waals surface area contributed by atoms with Crippen molar-refractivity contribution >= 4 is 10.2 Å². The summed E-state index contributed by atoms with van der Waals surface area (Å²) in [6.45, 7) is 4.28. The Morgan fingerprint density at radius 3 is 2.71 bits per heavy atom. The summed E-state index contributed by atoms with van der Waals surface area (Å²) >= 11 is 0. The molecule has 1 aliphatic carbocycles. The maximum atomic E-state index is 12.1. The van der Waals surface area contributed by atoms with Crippen molar-refractivity contribution in [2.75, 3.05) is 26.7 Å². The maximum Gasteiger partial charge on any atom is 0.279 e. The Morgan fingerprint density at radius 2 is 2.12 bits per heavy atom. The van der Waals surface area contributed by atoms with Gasteiger partial charge in [-0.05, 0) is 44.7 Å². The summed E-state index contributed by atoms with van der Waals surface area (Å²) in [6, 6.07) is 0.171. The first-order chi connectivity index (χ1) is 8.03. The molecular formula is C11H23N3O2S. The van der Waals surface area contributed by atoms with Crippen molar-refractivity contribution in [1.82, 2.24) is 14.3 Å². The Bertz CT molecular complexity index is 356. The first kappa shape index (κ1) is 13.3. The van der Waals surface area contributed by atoms with Gasteiger partial charge in [0.1, 0.15) is 0 Å². The highest BCUT2D eigenvalue weighted by Gasteiger charge is 2.38. The minimum atomic E-state index is -3.25. The normalized spacial score (nSPS) is 34.8. The molecule has 2 N–H and O–H groups in total. The van der Waals surface area contributed by atoms with Gasteiger partial charge in [-0.25, -0.2) is 0 Å². The second kappa shape index (κ2) is 5.22. The van der Waals surface area contributed by atoms with E-state index in [-0.39, 0.29) is 6.04 Å². The van der Waals surface area contributed by atoms with Crippen LogP contribution in [0.4, 0.5) is 0 Å². The fourth-order valence-electron chi connectivity index (χ4n) is 2.45. The average Bonchev–Trinajstić information content (AvgIpc) is 2.94. The highest BCUT2D eigenvalue weighted by Crippen LogP contribution is 2.30. The molecule has 2 rings (SSSR count). The zero-order chi connectivity index (χ0) is 12.5. The number of hydrogen-bond acceptors (Lipinski definition) is 3. The highest BCUT2D eigenvalue weighted by molar-refractivity contribution is 7.87. The quantitative estimate of drug-likeness (QED) is 0.741. The molecule has 2 aliphatic rings. The molecule has 17 heavy (non-hydrogen) atoms. The van der Waals surface area contributed by atoms with E-state index in [0.717, 1.165) is 25.8 Å². The van der Waals surface area contributed by atoms with E-state index in [4.69, 9.17) is 0 Å². The predicted molar refractivity (Wildman–Crippen MR) is 67.8 cm³/mol. The predicted octanol–water partition coefficient (Wildman–Crippen LogP) is 0.161. The Hall–Kier alpha value is -0.170. The molecule has 3 unspecified atom stereocenters. The van der Waals surface area contributed by atoms with Gasteiger partial charge in [0.05, 0.1) is 0 Å². The molecule has 0 bridgehead atoms. The van der Waals surface area contributed by atoms with Crippen LogP contribution >= 0.6 is 0 Å².